The molecule has 0 radical (unpaired) electrons. The van der Waals surface area contributed by atoms with Crippen LogP contribution in [0.4, 0.5) is 4.79 Å². The fourth-order valence-corrected chi connectivity index (χ4v) is 1.91. The SMILES string of the molecule is CCC[C@@H](NC(=O)N1CCC(C)C1)C(=O)O. The molecule has 0 spiro atoms. The number of nitrogens with one attached hydrogen (secondary N) is 1. The number of hydrogen-bond donors (Lipinski definition) is 2. The van der Waals surface area contributed by atoms with Gasteiger partial charge in [-0.2, -0.15) is 0 Å². The van der Waals surface area contributed by atoms with E-state index in [1.165, 1.54) is 0 Å². The molecule has 0 aromatic heterocycles. The van der Waals surface area contributed by atoms with Crippen molar-refractivity contribution in [3.63, 3.8) is 0 Å². The van der Waals surface area contributed by atoms with E-state index < -0.39 is 12.0 Å². The summed E-state index contributed by atoms with van der Waals surface area (Å²) >= 11 is 0. The molecule has 0 aromatic carbocycles. The maximum atomic E-state index is 11.7. The minimum atomic E-state index is -0.956. The molecule has 1 heterocycles. The predicted molar refractivity (Wildman–Crippen MR) is 60.2 cm³/mol. The number of nitrogens with zero attached hydrogens (tertiary/aromatic N) is 1. The molecule has 1 aliphatic heterocycles. The summed E-state index contributed by atoms with van der Waals surface area (Å²) in [6, 6.07) is -1.00. The van der Waals surface area contributed by atoms with Crippen molar-refractivity contribution in [2.24, 2.45) is 5.92 Å². The topological polar surface area (TPSA) is 69.6 Å². The molecule has 5 nitrogen and oxygen atoms in total. The first-order valence-electron chi connectivity index (χ1n) is 5.82. The van der Waals surface area contributed by atoms with Crippen LogP contribution in [0.5, 0.6) is 0 Å². The molecule has 1 unspecified atom stereocenters. The molecule has 2 atom stereocenters. The van der Waals surface area contributed by atoms with E-state index in [9.17, 15) is 9.59 Å². The molecule has 5 heteroatoms. The highest BCUT2D eigenvalue weighted by Gasteiger charge is 2.26. The minimum absolute atomic E-state index is 0.245. The summed E-state index contributed by atoms with van der Waals surface area (Å²) in [5.74, 6) is -0.442. The Morgan fingerprint density at radius 2 is 2.25 bits per heavy atom. The van der Waals surface area contributed by atoms with E-state index in [1.54, 1.807) is 4.90 Å². The van der Waals surface area contributed by atoms with Crippen LogP contribution in [-0.2, 0) is 4.79 Å². The zero-order chi connectivity index (χ0) is 12.1. The van der Waals surface area contributed by atoms with Gasteiger partial charge in [-0.05, 0) is 18.8 Å². The van der Waals surface area contributed by atoms with Crippen molar-refractivity contribution in [1.29, 1.82) is 0 Å². The van der Waals surface area contributed by atoms with Gasteiger partial charge in [-0.25, -0.2) is 9.59 Å². The summed E-state index contributed by atoms with van der Waals surface area (Å²) in [7, 11) is 0. The summed E-state index contributed by atoms with van der Waals surface area (Å²) in [6.45, 7) is 5.45. The Balaban J connectivity index is 2.45. The third-order valence-corrected chi connectivity index (χ3v) is 2.88. The number of rotatable bonds is 4. The number of carboxylic acid groups (broad SMARTS) is 1. The molecule has 1 saturated heterocycles. The van der Waals surface area contributed by atoms with Gasteiger partial charge in [-0.15, -0.1) is 0 Å². The summed E-state index contributed by atoms with van der Waals surface area (Å²) in [6.07, 6.45) is 2.22. The second kappa shape index (κ2) is 5.72. The van der Waals surface area contributed by atoms with Gasteiger partial charge in [0.1, 0.15) is 6.04 Å². The molecule has 1 fully saturated rings. The summed E-state index contributed by atoms with van der Waals surface area (Å²) in [5.41, 5.74) is 0. The highest BCUT2D eigenvalue weighted by atomic mass is 16.4. The van der Waals surface area contributed by atoms with Crippen LogP contribution in [0.25, 0.3) is 0 Å². The van der Waals surface area contributed by atoms with Crippen molar-refractivity contribution in [3.8, 4) is 0 Å². The van der Waals surface area contributed by atoms with Gasteiger partial charge in [0.25, 0.3) is 0 Å². The van der Waals surface area contributed by atoms with Crippen molar-refractivity contribution in [2.45, 2.75) is 39.2 Å². The fraction of sp³-hybridized carbons (Fsp3) is 0.818. The van der Waals surface area contributed by atoms with E-state index in [1.807, 2.05) is 6.92 Å². The maximum Gasteiger partial charge on any atom is 0.326 e. The van der Waals surface area contributed by atoms with Crippen molar-refractivity contribution >= 4 is 12.0 Å². The van der Waals surface area contributed by atoms with Gasteiger partial charge in [0.2, 0.25) is 0 Å². The number of aliphatic carboxylic acids is 1. The lowest BCUT2D eigenvalue weighted by molar-refractivity contribution is -0.139. The lowest BCUT2D eigenvalue weighted by Gasteiger charge is -2.20. The molecule has 1 rings (SSSR count). The zero-order valence-corrected chi connectivity index (χ0v) is 9.90. The van der Waals surface area contributed by atoms with Crippen molar-refractivity contribution in [3.05, 3.63) is 0 Å². The van der Waals surface area contributed by atoms with Crippen molar-refractivity contribution in [1.82, 2.24) is 10.2 Å². The third-order valence-electron chi connectivity index (χ3n) is 2.88. The monoisotopic (exact) mass is 228 g/mol. The van der Waals surface area contributed by atoms with Crippen LogP contribution in [0.1, 0.15) is 33.1 Å². The number of carboxylic acids is 1. The molecule has 1 aliphatic rings. The van der Waals surface area contributed by atoms with Gasteiger partial charge in [0.15, 0.2) is 0 Å². The summed E-state index contributed by atoms with van der Waals surface area (Å²) in [4.78, 5) is 24.3. The molecular formula is C11H20N2O3. The van der Waals surface area contributed by atoms with E-state index in [0.717, 1.165) is 25.9 Å². The van der Waals surface area contributed by atoms with Crippen LogP contribution < -0.4 is 5.32 Å². The number of urea groups is 1. The van der Waals surface area contributed by atoms with Gasteiger partial charge >= 0.3 is 12.0 Å². The maximum absolute atomic E-state index is 11.7. The molecule has 2 amide bonds. The van der Waals surface area contributed by atoms with E-state index in [-0.39, 0.29) is 6.03 Å². The second-order valence-electron chi connectivity index (χ2n) is 4.47. The summed E-state index contributed by atoms with van der Waals surface area (Å²) in [5, 5.41) is 11.5. The van der Waals surface area contributed by atoms with Crippen LogP contribution in [0.2, 0.25) is 0 Å². The normalized spacial score (nSPS) is 21.9. The lowest BCUT2D eigenvalue weighted by Crippen LogP contribution is -2.47. The number of carbonyl (C=O) groups excluding carboxylic acids is 1. The largest absolute Gasteiger partial charge is 0.480 e. The van der Waals surface area contributed by atoms with Gasteiger partial charge in [-0.3, -0.25) is 0 Å². The van der Waals surface area contributed by atoms with Crippen LogP contribution >= 0.6 is 0 Å². The van der Waals surface area contributed by atoms with Crippen LogP contribution in [0, 0.1) is 5.92 Å². The van der Waals surface area contributed by atoms with Crippen molar-refractivity contribution < 1.29 is 14.7 Å². The molecule has 0 bridgehead atoms. The first kappa shape index (κ1) is 12.8. The Hall–Kier alpha value is -1.26. The Bertz CT molecular complexity index is 268. The second-order valence-corrected chi connectivity index (χ2v) is 4.47. The summed E-state index contributed by atoms with van der Waals surface area (Å²) < 4.78 is 0. The van der Waals surface area contributed by atoms with Gasteiger partial charge in [0, 0.05) is 13.1 Å². The molecular weight excluding hydrogens is 208 g/mol. The van der Waals surface area contributed by atoms with E-state index in [4.69, 9.17) is 5.11 Å². The Kier molecular flexibility index (Phi) is 4.58. The Morgan fingerprint density at radius 1 is 1.56 bits per heavy atom. The standard InChI is InChI=1S/C11H20N2O3/c1-3-4-9(10(14)15)12-11(16)13-6-5-8(2)7-13/h8-9H,3-7H2,1-2H3,(H,12,16)(H,14,15)/t8?,9-/m1/s1. The smallest absolute Gasteiger partial charge is 0.326 e. The van der Waals surface area contributed by atoms with E-state index in [2.05, 4.69) is 12.2 Å². The molecule has 92 valence electrons. The first-order chi connectivity index (χ1) is 7.54. The molecule has 0 saturated carbocycles. The number of amides is 2. The van der Waals surface area contributed by atoms with Crippen LogP contribution in [0.3, 0.4) is 0 Å². The Labute approximate surface area is 95.8 Å². The first-order valence-corrected chi connectivity index (χ1v) is 5.82. The average molecular weight is 228 g/mol. The zero-order valence-electron chi connectivity index (χ0n) is 9.90. The van der Waals surface area contributed by atoms with Crippen LogP contribution in [-0.4, -0.2) is 41.1 Å². The quantitative estimate of drug-likeness (QED) is 0.761. The number of likely N-dealkylation sites (tertiary alicyclic amines) is 1. The molecule has 2 N–H and O–H groups in total. The predicted octanol–water partition coefficient (Wildman–Crippen LogP) is 1.29. The van der Waals surface area contributed by atoms with E-state index >= 15 is 0 Å². The fourth-order valence-electron chi connectivity index (χ4n) is 1.91. The Morgan fingerprint density at radius 3 is 2.69 bits per heavy atom. The van der Waals surface area contributed by atoms with Crippen LogP contribution in [0.15, 0.2) is 0 Å². The third kappa shape index (κ3) is 3.40. The van der Waals surface area contributed by atoms with E-state index in [0.29, 0.717) is 12.3 Å². The van der Waals surface area contributed by atoms with Gasteiger partial charge < -0.3 is 15.3 Å². The lowest BCUT2D eigenvalue weighted by atomic mass is 10.2. The highest BCUT2D eigenvalue weighted by Crippen LogP contribution is 2.15. The van der Waals surface area contributed by atoms with Gasteiger partial charge in [0.05, 0.1) is 0 Å². The number of hydrogen-bond acceptors (Lipinski definition) is 2. The molecule has 16 heavy (non-hydrogen) atoms. The van der Waals surface area contributed by atoms with Gasteiger partial charge in [-0.1, -0.05) is 20.3 Å². The average Bonchev–Trinajstić information content (AvgIpc) is 2.64. The number of carbonyl (C=O) groups is 2. The highest BCUT2D eigenvalue weighted by molar-refractivity contribution is 5.82. The molecule has 0 aromatic rings. The minimum Gasteiger partial charge on any atom is -0.480 e. The van der Waals surface area contributed by atoms with Crippen molar-refractivity contribution in [2.75, 3.05) is 13.1 Å². The molecule has 0 aliphatic carbocycles.